The van der Waals surface area contributed by atoms with Crippen LogP contribution in [0.25, 0.3) is 0 Å². The van der Waals surface area contributed by atoms with Gasteiger partial charge in [-0.2, -0.15) is 0 Å². The number of hydrogen-bond acceptors (Lipinski definition) is 4. The molecule has 5 atom stereocenters. The Kier molecular flexibility index (Phi) is 6.00. The highest BCUT2D eigenvalue weighted by Crippen LogP contribution is 2.41. The van der Waals surface area contributed by atoms with Crippen molar-refractivity contribution >= 4 is 11.6 Å². The lowest BCUT2D eigenvalue weighted by molar-refractivity contribution is 0.0178. The molecule has 4 rings (SSSR count). The largest absolute Gasteiger partial charge is 0.377 e. The van der Waals surface area contributed by atoms with Crippen LogP contribution in [0.5, 0.6) is 0 Å². The molecule has 0 aromatic carbocycles. The number of fused-ring (bicyclic) bond motifs is 1. The van der Waals surface area contributed by atoms with Crippen LogP contribution in [0.4, 0.5) is 0 Å². The summed E-state index contributed by atoms with van der Waals surface area (Å²) in [5, 5.41) is 4.19. The van der Waals surface area contributed by atoms with Crippen LogP contribution in [0.1, 0.15) is 64.2 Å². The molecule has 2 aliphatic carbocycles. The Morgan fingerprint density at radius 3 is 2.42 bits per heavy atom. The fourth-order valence-electron chi connectivity index (χ4n) is 5.62. The van der Waals surface area contributed by atoms with Crippen molar-refractivity contribution in [1.82, 2.24) is 16.2 Å². The normalized spacial score (nSPS) is 46.6. The van der Waals surface area contributed by atoms with Crippen molar-refractivity contribution in [3.05, 3.63) is 0 Å². The highest BCUT2D eigenvalue weighted by molar-refractivity contribution is 6.20. The zero-order valence-electron chi connectivity index (χ0n) is 14.8. The first kappa shape index (κ1) is 17.5. The first-order chi connectivity index (χ1) is 11.8. The van der Waals surface area contributed by atoms with Gasteiger partial charge in [-0.15, -0.1) is 11.6 Å². The van der Waals surface area contributed by atoms with Gasteiger partial charge in [0, 0.05) is 24.6 Å². The van der Waals surface area contributed by atoms with Gasteiger partial charge >= 0.3 is 0 Å². The minimum atomic E-state index is 0.403. The molecule has 5 heteroatoms. The summed E-state index contributed by atoms with van der Waals surface area (Å²) in [6.07, 6.45) is 13.8. The Hall–Kier alpha value is 0.130. The van der Waals surface area contributed by atoms with Crippen molar-refractivity contribution in [2.45, 2.75) is 87.9 Å². The Morgan fingerprint density at radius 1 is 0.875 bits per heavy atom. The molecule has 0 bridgehead atoms. The van der Waals surface area contributed by atoms with Crippen LogP contribution in [0.15, 0.2) is 0 Å². The molecule has 0 aromatic heterocycles. The van der Waals surface area contributed by atoms with E-state index < -0.39 is 0 Å². The Morgan fingerprint density at radius 2 is 1.67 bits per heavy atom. The quantitative estimate of drug-likeness (QED) is 0.678. The molecule has 4 fully saturated rings. The van der Waals surface area contributed by atoms with Crippen molar-refractivity contribution in [2.24, 2.45) is 17.8 Å². The van der Waals surface area contributed by atoms with Gasteiger partial charge in [-0.05, 0) is 69.1 Å². The molecule has 138 valence electrons. The summed E-state index contributed by atoms with van der Waals surface area (Å²) in [5.74, 6) is 2.39. The average molecular weight is 356 g/mol. The number of halogens is 1. The Bertz CT molecular complexity index is 396. The van der Waals surface area contributed by atoms with Gasteiger partial charge in [0.25, 0.3) is 0 Å². The van der Waals surface area contributed by atoms with E-state index in [4.69, 9.17) is 16.3 Å². The minimum absolute atomic E-state index is 0.403. The maximum atomic E-state index is 6.33. The highest BCUT2D eigenvalue weighted by atomic mass is 35.5. The molecule has 24 heavy (non-hydrogen) atoms. The fraction of sp³-hybridized carbons (Fsp3) is 1.00. The predicted octanol–water partition coefficient (Wildman–Crippen LogP) is 3.16. The number of hydrazine groups is 1. The monoisotopic (exact) mass is 355 g/mol. The molecule has 4 aliphatic rings. The molecule has 2 saturated heterocycles. The molecule has 4 unspecified atom stereocenters. The molecule has 2 saturated carbocycles. The number of ether oxygens (including phenoxy) is 1. The van der Waals surface area contributed by atoms with Crippen LogP contribution in [0.3, 0.4) is 0 Å². The molecule has 2 aliphatic heterocycles. The van der Waals surface area contributed by atoms with Gasteiger partial charge in [0.2, 0.25) is 0 Å². The van der Waals surface area contributed by atoms with Crippen LogP contribution in [-0.4, -0.2) is 36.8 Å². The second-order valence-electron chi connectivity index (χ2n) is 8.46. The van der Waals surface area contributed by atoms with Gasteiger partial charge in [0.05, 0.1) is 12.3 Å². The summed E-state index contributed by atoms with van der Waals surface area (Å²) in [5.41, 5.74) is 7.38. The predicted molar refractivity (Wildman–Crippen MR) is 97.9 cm³/mol. The van der Waals surface area contributed by atoms with Crippen molar-refractivity contribution < 1.29 is 4.74 Å². The fourth-order valence-corrected chi connectivity index (χ4v) is 5.87. The molecule has 0 spiro atoms. The van der Waals surface area contributed by atoms with Gasteiger partial charge in [-0.3, -0.25) is 10.7 Å². The molecule has 0 radical (unpaired) electrons. The van der Waals surface area contributed by atoms with E-state index in [1.807, 2.05) is 0 Å². The first-order valence-electron chi connectivity index (χ1n) is 10.3. The lowest BCUT2D eigenvalue weighted by Crippen LogP contribution is -2.68. The molecule has 0 aromatic rings. The van der Waals surface area contributed by atoms with Crippen LogP contribution >= 0.6 is 11.6 Å². The highest BCUT2D eigenvalue weighted by Gasteiger charge is 2.43. The molecular formula is C19H34ClN3O. The summed E-state index contributed by atoms with van der Waals surface area (Å²) < 4.78 is 5.78. The van der Waals surface area contributed by atoms with Crippen molar-refractivity contribution in [1.29, 1.82) is 0 Å². The lowest BCUT2D eigenvalue weighted by atomic mass is 9.67. The first-order valence-corrected chi connectivity index (χ1v) is 10.7. The van der Waals surface area contributed by atoms with E-state index in [-0.39, 0.29) is 0 Å². The molecule has 0 amide bonds. The zero-order valence-corrected chi connectivity index (χ0v) is 15.6. The van der Waals surface area contributed by atoms with E-state index in [1.54, 1.807) is 0 Å². The topological polar surface area (TPSA) is 45.3 Å². The van der Waals surface area contributed by atoms with E-state index in [0.717, 1.165) is 30.9 Å². The maximum Gasteiger partial charge on any atom is 0.0736 e. The number of hydrogen-bond donors (Lipinski definition) is 3. The Labute approximate surface area is 151 Å². The van der Waals surface area contributed by atoms with Crippen LogP contribution < -0.4 is 16.2 Å². The third kappa shape index (κ3) is 3.93. The maximum absolute atomic E-state index is 6.33. The smallest absolute Gasteiger partial charge is 0.0736 e. The summed E-state index contributed by atoms with van der Waals surface area (Å²) in [7, 11) is 0. The van der Waals surface area contributed by atoms with E-state index in [9.17, 15) is 0 Å². The van der Waals surface area contributed by atoms with Gasteiger partial charge in [-0.1, -0.05) is 12.8 Å². The minimum Gasteiger partial charge on any atom is -0.377 e. The second kappa shape index (κ2) is 8.22. The number of rotatable bonds is 4. The molecule has 4 nitrogen and oxygen atoms in total. The van der Waals surface area contributed by atoms with E-state index in [2.05, 4.69) is 16.2 Å². The van der Waals surface area contributed by atoms with Crippen molar-refractivity contribution in [3.63, 3.8) is 0 Å². The standard InChI is InChI=1S/C19H34ClN3O/c20-14-9-7-13(8-10-14)18-16-5-1-2-6-17(16)19(23-22-18)21-12-15-4-3-11-24-15/h13-19,21-23H,1-12H2/t13?,14?,15-,16?,17?,18?,19?/m0/s1. The van der Waals surface area contributed by atoms with Crippen molar-refractivity contribution in [2.75, 3.05) is 13.2 Å². The number of alkyl halides is 1. The van der Waals surface area contributed by atoms with E-state index >= 15 is 0 Å². The summed E-state index contributed by atoms with van der Waals surface area (Å²) in [6, 6.07) is 0.639. The van der Waals surface area contributed by atoms with Crippen molar-refractivity contribution in [3.8, 4) is 0 Å². The summed E-state index contributed by atoms with van der Waals surface area (Å²) in [6.45, 7) is 1.94. The molecule has 3 N–H and O–H groups in total. The third-order valence-electron chi connectivity index (χ3n) is 6.97. The Balaban J connectivity index is 1.36. The summed E-state index contributed by atoms with van der Waals surface area (Å²) in [4.78, 5) is 0. The molecular weight excluding hydrogens is 322 g/mol. The average Bonchev–Trinajstić information content (AvgIpc) is 3.14. The van der Waals surface area contributed by atoms with Crippen LogP contribution in [0, 0.1) is 17.8 Å². The van der Waals surface area contributed by atoms with Crippen LogP contribution in [-0.2, 0) is 4.74 Å². The van der Waals surface area contributed by atoms with Gasteiger partial charge < -0.3 is 4.74 Å². The van der Waals surface area contributed by atoms with Gasteiger partial charge in [-0.25, -0.2) is 5.43 Å². The van der Waals surface area contributed by atoms with E-state index in [1.165, 1.54) is 64.2 Å². The zero-order chi connectivity index (χ0) is 16.4. The van der Waals surface area contributed by atoms with Gasteiger partial charge in [0.15, 0.2) is 0 Å². The third-order valence-corrected chi connectivity index (χ3v) is 7.40. The lowest BCUT2D eigenvalue weighted by Gasteiger charge is -2.50. The number of nitrogens with one attached hydrogen (secondary N) is 3. The summed E-state index contributed by atoms with van der Waals surface area (Å²) >= 11 is 6.33. The van der Waals surface area contributed by atoms with Gasteiger partial charge in [0.1, 0.15) is 0 Å². The molecule has 2 heterocycles. The second-order valence-corrected chi connectivity index (χ2v) is 9.08. The van der Waals surface area contributed by atoms with Crippen LogP contribution in [0.2, 0.25) is 0 Å². The SMILES string of the molecule is ClC1CCC(C2NNC(NC[C@@H]3CCCO3)C3CCCCC32)CC1. The van der Waals surface area contributed by atoms with E-state index in [0.29, 0.717) is 23.7 Å².